The highest BCUT2D eigenvalue weighted by molar-refractivity contribution is 14.1. The zero-order valence-electron chi connectivity index (χ0n) is 10.6. The van der Waals surface area contributed by atoms with Crippen LogP contribution in [0, 0.1) is 14.9 Å². The number of nitriles is 1. The van der Waals surface area contributed by atoms with Gasteiger partial charge in [0, 0.05) is 20.7 Å². The van der Waals surface area contributed by atoms with E-state index in [1.165, 1.54) is 0 Å². The van der Waals surface area contributed by atoms with Gasteiger partial charge >= 0.3 is 0 Å². The highest BCUT2D eigenvalue weighted by Crippen LogP contribution is 2.30. The van der Waals surface area contributed by atoms with E-state index in [9.17, 15) is 0 Å². The lowest BCUT2D eigenvalue weighted by atomic mass is 10.2. The average molecular weight is 438 g/mol. The number of nitrogens with zero attached hydrogens (tertiary/aromatic N) is 3. The summed E-state index contributed by atoms with van der Waals surface area (Å²) in [7, 11) is 1.98. The van der Waals surface area contributed by atoms with E-state index in [-0.39, 0.29) is 0 Å². The van der Waals surface area contributed by atoms with Crippen LogP contribution in [0.3, 0.4) is 0 Å². The smallest absolute Gasteiger partial charge is 0.141 e. The zero-order chi connectivity index (χ0) is 14.3. The van der Waals surface area contributed by atoms with Gasteiger partial charge in [-0.05, 0) is 59.0 Å². The zero-order valence-corrected chi connectivity index (χ0v) is 14.3. The normalized spacial score (nSPS) is 10.7. The molecule has 1 aromatic heterocycles. The molecule has 0 spiro atoms. The first-order valence-corrected chi connectivity index (χ1v) is 7.79. The van der Waals surface area contributed by atoms with E-state index >= 15 is 0 Å². The molecular formula is C15H9BrIN3. The van der Waals surface area contributed by atoms with Crippen LogP contribution in [0.25, 0.3) is 22.4 Å². The van der Waals surface area contributed by atoms with Crippen molar-refractivity contribution in [3.63, 3.8) is 0 Å². The molecule has 0 radical (unpaired) electrons. The first kappa shape index (κ1) is 13.6. The number of aryl methyl sites for hydroxylation is 1. The molecule has 0 aliphatic carbocycles. The van der Waals surface area contributed by atoms with Crippen molar-refractivity contribution in [1.29, 1.82) is 5.26 Å². The maximum Gasteiger partial charge on any atom is 0.141 e. The molecule has 0 fully saturated rings. The molecule has 0 unspecified atom stereocenters. The molecule has 5 heteroatoms. The summed E-state index contributed by atoms with van der Waals surface area (Å²) in [5.74, 6) is 0.904. The molecule has 0 N–H and O–H groups in total. The molecule has 0 bridgehead atoms. The topological polar surface area (TPSA) is 41.6 Å². The fourth-order valence-electron chi connectivity index (χ4n) is 2.17. The highest BCUT2D eigenvalue weighted by atomic mass is 127. The number of hydrogen-bond donors (Lipinski definition) is 0. The van der Waals surface area contributed by atoms with Gasteiger partial charge in [0.25, 0.3) is 0 Å². The fourth-order valence-corrected chi connectivity index (χ4v) is 3.11. The Morgan fingerprint density at radius 1 is 1.25 bits per heavy atom. The van der Waals surface area contributed by atoms with Crippen molar-refractivity contribution in [2.45, 2.75) is 0 Å². The van der Waals surface area contributed by atoms with Crippen LogP contribution in [0.5, 0.6) is 0 Å². The summed E-state index contributed by atoms with van der Waals surface area (Å²) in [6.45, 7) is 0. The fraction of sp³-hybridized carbons (Fsp3) is 0.0667. The van der Waals surface area contributed by atoms with Crippen molar-refractivity contribution in [2.75, 3.05) is 0 Å². The van der Waals surface area contributed by atoms with Gasteiger partial charge in [0.15, 0.2) is 0 Å². The van der Waals surface area contributed by atoms with Gasteiger partial charge in [0.1, 0.15) is 5.82 Å². The van der Waals surface area contributed by atoms with Crippen LogP contribution < -0.4 is 0 Å². The predicted molar refractivity (Wildman–Crippen MR) is 91.3 cm³/mol. The van der Waals surface area contributed by atoms with Gasteiger partial charge in [-0.3, -0.25) is 0 Å². The van der Waals surface area contributed by atoms with E-state index < -0.39 is 0 Å². The van der Waals surface area contributed by atoms with Crippen molar-refractivity contribution in [3.05, 3.63) is 50.0 Å². The molecule has 0 atom stereocenters. The van der Waals surface area contributed by atoms with Crippen molar-refractivity contribution in [1.82, 2.24) is 9.55 Å². The second-order valence-electron chi connectivity index (χ2n) is 4.43. The molecule has 0 saturated carbocycles. The van der Waals surface area contributed by atoms with E-state index in [1.54, 1.807) is 6.07 Å². The molecule has 0 amide bonds. The number of halogens is 2. The Kier molecular flexibility index (Phi) is 3.52. The molecule has 3 nitrogen and oxygen atoms in total. The Balaban J connectivity index is 2.30. The van der Waals surface area contributed by atoms with Crippen LogP contribution in [0.2, 0.25) is 0 Å². The van der Waals surface area contributed by atoms with Crippen molar-refractivity contribution in [2.24, 2.45) is 7.05 Å². The molecule has 20 heavy (non-hydrogen) atoms. The van der Waals surface area contributed by atoms with Crippen molar-refractivity contribution in [3.8, 4) is 17.5 Å². The van der Waals surface area contributed by atoms with E-state index in [0.29, 0.717) is 5.56 Å². The van der Waals surface area contributed by atoms with Gasteiger partial charge < -0.3 is 4.57 Å². The van der Waals surface area contributed by atoms with Gasteiger partial charge in [-0.1, -0.05) is 15.9 Å². The average Bonchev–Trinajstić information content (AvgIpc) is 2.78. The molecule has 98 valence electrons. The maximum absolute atomic E-state index is 9.01. The summed E-state index contributed by atoms with van der Waals surface area (Å²) < 4.78 is 4.20. The third-order valence-electron chi connectivity index (χ3n) is 3.18. The quantitative estimate of drug-likeness (QED) is 0.526. The van der Waals surface area contributed by atoms with Crippen molar-refractivity contribution < 1.29 is 0 Å². The second kappa shape index (κ2) is 5.19. The van der Waals surface area contributed by atoms with Gasteiger partial charge in [0.05, 0.1) is 22.7 Å². The number of benzene rings is 2. The molecule has 3 rings (SSSR count). The Labute approximate surface area is 138 Å². The van der Waals surface area contributed by atoms with Gasteiger partial charge in [-0.25, -0.2) is 4.98 Å². The molecule has 1 heterocycles. The molecular weight excluding hydrogens is 429 g/mol. The SMILES string of the molecule is Cn1c(-c2cc(Br)ccc2I)nc2ccc(C#N)cc21. The minimum absolute atomic E-state index is 0.649. The lowest BCUT2D eigenvalue weighted by Crippen LogP contribution is -1.94. The van der Waals surface area contributed by atoms with Crippen LogP contribution >= 0.6 is 38.5 Å². The molecule has 0 aliphatic heterocycles. The van der Waals surface area contributed by atoms with Crippen molar-refractivity contribution >= 4 is 49.6 Å². The summed E-state index contributed by atoms with van der Waals surface area (Å²) in [6.07, 6.45) is 0. The Morgan fingerprint density at radius 2 is 2.05 bits per heavy atom. The minimum Gasteiger partial charge on any atom is -0.327 e. The van der Waals surface area contributed by atoms with E-state index in [4.69, 9.17) is 5.26 Å². The van der Waals surface area contributed by atoms with E-state index in [0.717, 1.165) is 30.5 Å². The highest BCUT2D eigenvalue weighted by Gasteiger charge is 2.13. The predicted octanol–water partition coefficient (Wildman–Crippen LogP) is 4.48. The number of fused-ring (bicyclic) bond motifs is 1. The van der Waals surface area contributed by atoms with Crippen LogP contribution in [0.15, 0.2) is 40.9 Å². The Hall–Kier alpha value is -1.39. The molecule has 0 saturated heterocycles. The van der Waals surface area contributed by atoms with Crippen LogP contribution in [0.1, 0.15) is 5.56 Å². The van der Waals surface area contributed by atoms with E-state index in [1.807, 2.05) is 29.8 Å². The van der Waals surface area contributed by atoms with Crippen LogP contribution in [-0.4, -0.2) is 9.55 Å². The first-order chi connectivity index (χ1) is 9.60. The molecule has 0 aliphatic rings. The molecule has 3 aromatic rings. The largest absolute Gasteiger partial charge is 0.327 e. The van der Waals surface area contributed by atoms with E-state index in [2.05, 4.69) is 61.7 Å². The summed E-state index contributed by atoms with van der Waals surface area (Å²) in [5, 5.41) is 9.01. The molecule has 2 aromatic carbocycles. The number of hydrogen-bond acceptors (Lipinski definition) is 2. The first-order valence-electron chi connectivity index (χ1n) is 5.92. The number of rotatable bonds is 1. The summed E-state index contributed by atoms with van der Waals surface area (Å²) >= 11 is 5.81. The van der Waals surface area contributed by atoms with Crippen LogP contribution in [-0.2, 0) is 7.05 Å². The minimum atomic E-state index is 0.649. The van der Waals surface area contributed by atoms with Crippen LogP contribution in [0.4, 0.5) is 0 Å². The number of imidazole rings is 1. The maximum atomic E-state index is 9.01. The monoisotopic (exact) mass is 437 g/mol. The third kappa shape index (κ3) is 2.23. The second-order valence-corrected chi connectivity index (χ2v) is 6.51. The van der Waals surface area contributed by atoms with Gasteiger partial charge in [-0.15, -0.1) is 0 Å². The van der Waals surface area contributed by atoms with Gasteiger partial charge in [0.2, 0.25) is 0 Å². The number of aromatic nitrogens is 2. The standard InChI is InChI=1S/C15H9BrIN3/c1-20-14-6-9(8-18)2-5-13(14)19-15(20)11-7-10(16)3-4-12(11)17/h2-7H,1H3. The Bertz CT molecular complexity index is 861. The summed E-state index contributed by atoms with van der Waals surface area (Å²) in [6, 6.07) is 13.9. The summed E-state index contributed by atoms with van der Waals surface area (Å²) in [5.41, 5.74) is 3.60. The lowest BCUT2D eigenvalue weighted by molar-refractivity contribution is 0.958. The Morgan fingerprint density at radius 3 is 2.80 bits per heavy atom. The summed E-state index contributed by atoms with van der Waals surface area (Å²) in [4.78, 5) is 4.69. The lowest BCUT2D eigenvalue weighted by Gasteiger charge is -2.05. The van der Waals surface area contributed by atoms with Gasteiger partial charge in [-0.2, -0.15) is 5.26 Å². The third-order valence-corrected chi connectivity index (χ3v) is 4.61.